The molecule has 1 heterocycles. The molecule has 0 saturated carbocycles. The fraction of sp³-hybridized carbons (Fsp3) is 0.435. The van der Waals surface area contributed by atoms with Gasteiger partial charge in [0.15, 0.2) is 0 Å². The van der Waals surface area contributed by atoms with Crippen LogP contribution < -0.4 is 10.6 Å². The van der Waals surface area contributed by atoms with Crippen LogP contribution in [0.2, 0.25) is 0 Å². The molecule has 1 atom stereocenters. The van der Waals surface area contributed by atoms with Gasteiger partial charge >= 0.3 is 0 Å². The molecule has 1 aliphatic rings. The second-order valence-electron chi connectivity index (χ2n) is 7.87. The molecular formula is C23H30N4O3S. The zero-order valence-electron chi connectivity index (χ0n) is 18.0. The molecule has 1 saturated heterocycles. The quantitative estimate of drug-likeness (QED) is 0.576. The molecule has 2 aromatic rings. The maximum atomic E-state index is 12.2. The Labute approximate surface area is 188 Å². The van der Waals surface area contributed by atoms with E-state index < -0.39 is 5.24 Å². The Bertz CT molecular complexity index is 938. The minimum absolute atomic E-state index is 0.0493. The molecule has 0 radical (unpaired) electrons. The molecule has 0 aromatic heterocycles. The predicted molar refractivity (Wildman–Crippen MR) is 125 cm³/mol. The number of fused-ring (bicyclic) bond motifs is 1. The van der Waals surface area contributed by atoms with E-state index in [0.717, 1.165) is 25.9 Å². The number of likely N-dealkylation sites (N-methyl/N-ethyl adjacent to an activating group) is 1. The van der Waals surface area contributed by atoms with Crippen LogP contribution in [-0.2, 0) is 9.59 Å². The highest BCUT2D eigenvalue weighted by Gasteiger charge is 2.30. The zero-order chi connectivity index (χ0) is 22.4. The molecule has 1 unspecified atom stereocenters. The smallest absolute Gasteiger partial charge is 0.279 e. The summed E-state index contributed by atoms with van der Waals surface area (Å²) >= 11 is 3.98. The second kappa shape index (κ2) is 10.6. The van der Waals surface area contributed by atoms with E-state index in [4.69, 9.17) is 0 Å². The molecule has 0 aliphatic carbocycles. The molecular weight excluding hydrogens is 412 g/mol. The highest BCUT2D eigenvalue weighted by atomic mass is 32.1. The van der Waals surface area contributed by atoms with Crippen molar-refractivity contribution >= 4 is 40.5 Å². The van der Waals surface area contributed by atoms with Crippen LogP contribution in [0, 0.1) is 0 Å². The normalized spacial score (nSPS) is 16.0. The van der Waals surface area contributed by atoms with Gasteiger partial charge in [-0.2, -0.15) is 0 Å². The van der Waals surface area contributed by atoms with Gasteiger partial charge in [-0.05, 0) is 36.1 Å². The third-order valence-corrected chi connectivity index (χ3v) is 6.30. The number of rotatable bonds is 7. The van der Waals surface area contributed by atoms with Crippen LogP contribution in [0.3, 0.4) is 0 Å². The van der Waals surface area contributed by atoms with Crippen molar-refractivity contribution in [3.05, 3.63) is 48.0 Å². The SMILES string of the molecule is CNC(=O)CNC(=O)CN(C(=O)S)C1CCN(C(C)c2cccc3ccccc23)CC1. The number of piperidine rings is 1. The Morgan fingerprint density at radius 3 is 2.45 bits per heavy atom. The minimum atomic E-state index is -0.421. The first-order valence-electron chi connectivity index (χ1n) is 10.6. The van der Waals surface area contributed by atoms with Crippen LogP contribution in [0.25, 0.3) is 10.8 Å². The summed E-state index contributed by atoms with van der Waals surface area (Å²) in [5, 5.41) is 7.05. The van der Waals surface area contributed by atoms with Crippen LogP contribution in [0.4, 0.5) is 4.79 Å². The number of hydrogen-bond acceptors (Lipinski definition) is 4. The Morgan fingerprint density at radius 2 is 1.77 bits per heavy atom. The van der Waals surface area contributed by atoms with Crippen molar-refractivity contribution in [2.75, 3.05) is 33.2 Å². The molecule has 8 heteroatoms. The first-order chi connectivity index (χ1) is 14.9. The fourth-order valence-corrected chi connectivity index (χ4v) is 4.46. The van der Waals surface area contributed by atoms with E-state index in [1.165, 1.54) is 28.3 Å². The van der Waals surface area contributed by atoms with Crippen molar-refractivity contribution in [1.29, 1.82) is 0 Å². The number of nitrogens with zero attached hydrogens (tertiary/aromatic N) is 2. The molecule has 166 valence electrons. The Kier molecular flexibility index (Phi) is 7.92. The van der Waals surface area contributed by atoms with Gasteiger partial charge in [-0.25, -0.2) is 0 Å². The van der Waals surface area contributed by atoms with Gasteiger partial charge in [0.1, 0.15) is 6.54 Å². The average molecular weight is 443 g/mol. The summed E-state index contributed by atoms with van der Waals surface area (Å²) in [6.07, 6.45) is 1.54. The van der Waals surface area contributed by atoms with E-state index in [0.29, 0.717) is 0 Å². The van der Waals surface area contributed by atoms with Gasteiger partial charge in [-0.3, -0.25) is 19.3 Å². The first kappa shape index (κ1) is 23.1. The summed E-state index contributed by atoms with van der Waals surface area (Å²) in [6, 6.07) is 15.0. The summed E-state index contributed by atoms with van der Waals surface area (Å²) in [5.74, 6) is -0.648. The summed E-state index contributed by atoms with van der Waals surface area (Å²) in [4.78, 5) is 39.5. The van der Waals surface area contributed by atoms with E-state index in [1.54, 1.807) is 0 Å². The minimum Gasteiger partial charge on any atom is -0.358 e. The summed E-state index contributed by atoms with van der Waals surface area (Å²) < 4.78 is 0. The Hall–Kier alpha value is -2.58. The summed E-state index contributed by atoms with van der Waals surface area (Å²) in [6.45, 7) is 3.67. The van der Waals surface area contributed by atoms with Crippen LogP contribution in [0.5, 0.6) is 0 Å². The fourth-order valence-electron chi connectivity index (χ4n) is 4.23. The van der Waals surface area contributed by atoms with Gasteiger partial charge < -0.3 is 15.5 Å². The Morgan fingerprint density at radius 1 is 1.10 bits per heavy atom. The number of carbonyl (C=O) groups excluding carboxylic acids is 3. The number of thiol groups is 1. The van der Waals surface area contributed by atoms with Crippen molar-refractivity contribution in [3.63, 3.8) is 0 Å². The summed E-state index contributed by atoms with van der Waals surface area (Å²) in [7, 11) is 1.51. The lowest BCUT2D eigenvalue weighted by atomic mass is 9.95. The highest BCUT2D eigenvalue weighted by molar-refractivity contribution is 7.96. The van der Waals surface area contributed by atoms with Crippen LogP contribution >= 0.6 is 12.6 Å². The second-order valence-corrected chi connectivity index (χ2v) is 8.25. The van der Waals surface area contributed by atoms with Crippen molar-refractivity contribution in [1.82, 2.24) is 20.4 Å². The average Bonchev–Trinajstić information content (AvgIpc) is 2.80. The van der Waals surface area contributed by atoms with Gasteiger partial charge in [-0.1, -0.05) is 55.1 Å². The molecule has 0 spiro atoms. The molecule has 2 N–H and O–H groups in total. The van der Waals surface area contributed by atoms with Gasteiger partial charge in [0.25, 0.3) is 5.24 Å². The molecule has 2 aromatic carbocycles. The zero-order valence-corrected chi connectivity index (χ0v) is 18.9. The van der Waals surface area contributed by atoms with Crippen molar-refractivity contribution < 1.29 is 14.4 Å². The van der Waals surface area contributed by atoms with E-state index in [9.17, 15) is 14.4 Å². The maximum absolute atomic E-state index is 12.2. The van der Waals surface area contributed by atoms with E-state index in [1.807, 2.05) is 0 Å². The van der Waals surface area contributed by atoms with Crippen molar-refractivity contribution in [2.45, 2.75) is 31.8 Å². The molecule has 1 fully saturated rings. The number of likely N-dealkylation sites (tertiary alicyclic amines) is 1. The number of carbonyl (C=O) groups is 3. The molecule has 7 nitrogen and oxygen atoms in total. The third kappa shape index (κ3) is 5.77. The van der Waals surface area contributed by atoms with E-state index in [2.05, 4.69) is 77.6 Å². The van der Waals surface area contributed by atoms with Crippen LogP contribution in [0.1, 0.15) is 31.4 Å². The molecule has 31 heavy (non-hydrogen) atoms. The topological polar surface area (TPSA) is 81.8 Å². The summed E-state index contributed by atoms with van der Waals surface area (Å²) in [5.41, 5.74) is 1.30. The van der Waals surface area contributed by atoms with Gasteiger partial charge in [0.05, 0.1) is 6.54 Å². The van der Waals surface area contributed by atoms with Gasteiger partial charge in [0.2, 0.25) is 11.8 Å². The van der Waals surface area contributed by atoms with Crippen molar-refractivity contribution in [3.8, 4) is 0 Å². The molecule has 3 rings (SSSR count). The maximum Gasteiger partial charge on any atom is 0.279 e. The lowest BCUT2D eigenvalue weighted by Crippen LogP contribution is -2.50. The number of amides is 3. The molecule has 3 amide bonds. The lowest BCUT2D eigenvalue weighted by Gasteiger charge is -2.40. The first-order valence-corrected chi connectivity index (χ1v) is 11.0. The van der Waals surface area contributed by atoms with Crippen LogP contribution in [-0.4, -0.2) is 66.1 Å². The highest BCUT2D eigenvalue weighted by Crippen LogP contribution is 2.31. The van der Waals surface area contributed by atoms with E-state index in [-0.39, 0.29) is 37.0 Å². The number of hydrogen-bond donors (Lipinski definition) is 3. The monoisotopic (exact) mass is 442 g/mol. The predicted octanol–water partition coefficient (Wildman–Crippen LogP) is 2.58. The number of nitrogens with one attached hydrogen (secondary N) is 2. The van der Waals surface area contributed by atoms with E-state index >= 15 is 0 Å². The van der Waals surface area contributed by atoms with Gasteiger partial charge in [0, 0.05) is 32.2 Å². The van der Waals surface area contributed by atoms with Gasteiger partial charge in [-0.15, -0.1) is 0 Å². The number of benzene rings is 2. The standard InChI is InChI=1S/C23H30N4O3S/c1-16(19-9-5-7-17-6-3-4-8-20(17)19)26-12-10-18(11-13-26)27(23(30)31)15-22(29)25-14-21(28)24-2/h3-9,16,18H,10-15H2,1-2H3,(H,24,28)(H,25,29)(H,30,31). The van der Waals surface area contributed by atoms with Crippen LogP contribution in [0.15, 0.2) is 42.5 Å². The molecule has 1 aliphatic heterocycles. The molecule has 0 bridgehead atoms. The third-order valence-electron chi connectivity index (χ3n) is 6.05. The lowest BCUT2D eigenvalue weighted by molar-refractivity contribution is -0.126. The Balaban J connectivity index is 1.61. The van der Waals surface area contributed by atoms with Crippen molar-refractivity contribution in [2.24, 2.45) is 0 Å². The largest absolute Gasteiger partial charge is 0.358 e.